The highest BCUT2D eigenvalue weighted by Crippen LogP contribution is 2.37. The van der Waals surface area contributed by atoms with Crippen molar-refractivity contribution in [1.82, 2.24) is 0 Å². The van der Waals surface area contributed by atoms with Crippen molar-refractivity contribution >= 4 is 0 Å². The minimum Gasteiger partial charge on any atom is -0.388 e. The van der Waals surface area contributed by atoms with Crippen molar-refractivity contribution in [2.24, 2.45) is 28.8 Å². The maximum Gasteiger partial charge on any atom is 0.184 e. The Bertz CT molecular complexity index is 487. The molecule has 8 nitrogen and oxygen atoms in total. The topological polar surface area (TPSA) is 106 Å². The fourth-order valence-electron chi connectivity index (χ4n) is 3.78. The van der Waals surface area contributed by atoms with Crippen LogP contribution >= 0.6 is 0 Å². The molecule has 26 heavy (non-hydrogen) atoms. The minimum absolute atomic E-state index is 0.00208. The lowest BCUT2D eigenvalue weighted by molar-refractivity contribution is -0.318. The predicted octanol–water partition coefficient (Wildman–Crippen LogP) is 3.10. The zero-order valence-corrected chi connectivity index (χ0v) is 16.4. The first-order valence-corrected chi connectivity index (χ1v) is 9.63. The Morgan fingerprint density at radius 1 is 1.15 bits per heavy atom. The van der Waals surface area contributed by atoms with Gasteiger partial charge in [0, 0.05) is 23.3 Å². The molecule has 3 unspecified atom stereocenters. The fourth-order valence-corrected chi connectivity index (χ4v) is 3.78. The average molecular weight is 371 g/mol. The number of rotatable bonds is 7. The van der Waals surface area contributed by atoms with Gasteiger partial charge < -0.3 is 24.1 Å². The maximum atomic E-state index is 10.5. The molecule has 9 atom stereocenters. The van der Waals surface area contributed by atoms with E-state index in [1.54, 1.807) is 0 Å². The lowest BCUT2D eigenvalue weighted by Crippen LogP contribution is -2.55. The molecule has 0 bridgehead atoms. The van der Waals surface area contributed by atoms with E-state index in [4.69, 9.17) is 24.5 Å². The van der Waals surface area contributed by atoms with Gasteiger partial charge >= 0.3 is 0 Å². The van der Waals surface area contributed by atoms with E-state index in [1.807, 2.05) is 13.8 Å². The van der Waals surface area contributed by atoms with Crippen LogP contribution in [0.25, 0.3) is 10.4 Å². The lowest BCUT2D eigenvalue weighted by Gasteiger charge is -2.47. The summed E-state index contributed by atoms with van der Waals surface area (Å²) in [5, 5.41) is 14.0. The molecule has 0 aromatic carbocycles. The largest absolute Gasteiger partial charge is 0.388 e. The smallest absolute Gasteiger partial charge is 0.184 e. The SMILES string of the molecule is CCC1O[C@@H](OCCN=[N+]=[N-])C(C)[C@@H](O[C@H]2OC[C@@H](C)[C@H](C)C2O)[C@@H]1C. The van der Waals surface area contributed by atoms with E-state index in [0.717, 1.165) is 6.42 Å². The number of ether oxygens (including phenoxy) is 4. The van der Waals surface area contributed by atoms with Crippen molar-refractivity contribution in [3.8, 4) is 0 Å². The first kappa shape index (κ1) is 21.4. The Balaban J connectivity index is 2.04. The monoisotopic (exact) mass is 371 g/mol. The summed E-state index contributed by atoms with van der Waals surface area (Å²) in [7, 11) is 0. The summed E-state index contributed by atoms with van der Waals surface area (Å²) in [6, 6.07) is 0. The Labute approximate surface area is 155 Å². The van der Waals surface area contributed by atoms with Gasteiger partial charge in [-0.25, -0.2) is 0 Å². The van der Waals surface area contributed by atoms with Crippen LogP contribution in [0, 0.1) is 23.7 Å². The van der Waals surface area contributed by atoms with Crippen molar-refractivity contribution in [3.05, 3.63) is 10.4 Å². The first-order chi connectivity index (χ1) is 12.4. The summed E-state index contributed by atoms with van der Waals surface area (Å²) in [6.45, 7) is 11.4. The van der Waals surface area contributed by atoms with Crippen molar-refractivity contribution < 1.29 is 24.1 Å². The van der Waals surface area contributed by atoms with E-state index in [9.17, 15) is 5.11 Å². The van der Waals surface area contributed by atoms with Crippen LogP contribution in [-0.2, 0) is 18.9 Å². The third-order valence-electron chi connectivity index (χ3n) is 5.83. The highest BCUT2D eigenvalue weighted by molar-refractivity contribution is 4.88. The van der Waals surface area contributed by atoms with Crippen molar-refractivity contribution in [2.45, 2.75) is 71.9 Å². The van der Waals surface area contributed by atoms with E-state index >= 15 is 0 Å². The Morgan fingerprint density at radius 2 is 1.88 bits per heavy atom. The van der Waals surface area contributed by atoms with Crippen LogP contribution in [0.5, 0.6) is 0 Å². The van der Waals surface area contributed by atoms with Gasteiger partial charge in [-0.05, 0) is 23.8 Å². The predicted molar refractivity (Wildman–Crippen MR) is 96.2 cm³/mol. The molecule has 8 heteroatoms. The van der Waals surface area contributed by atoms with E-state index in [2.05, 4.69) is 30.8 Å². The summed E-state index contributed by atoms with van der Waals surface area (Å²) in [5.74, 6) is 0.536. The molecule has 2 aliphatic heterocycles. The molecule has 0 radical (unpaired) electrons. The van der Waals surface area contributed by atoms with E-state index in [0.29, 0.717) is 19.1 Å². The molecule has 2 saturated heterocycles. The highest BCUT2D eigenvalue weighted by Gasteiger charge is 2.45. The molecule has 0 aromatic rings. The summed E-state index contributed by atoms with van der Waals surface area (Å²) in [5.41, 5.74) is 8.37. The van der Waals surface area contributed by atoms with Gasteiger partial charge in [-0.15, -0.1) is 0 Å². The molecule has 0 aliphatic carbocycles. The van der Waals surface area contributed by atoms with Crippen LogP contribution < -0.4 is 0 Å². The summed E-state index contributed by atoms with van der Waals surface area (Å²) in [4.78, 5) is 2.73. The molecule has 0 spiro atoms. The fraction of sp³-hybridized carbons (Fsp3) is 1.00. The quantitative estimate of drug-likeness (QED) is 0.320. The number of aliphatic hydroxyl groups excluding tert-OH is 1. The highest BCUT2D eigenvalue weighted by atomic mass is 16.7. The van der Waals surface area contributed by atoms with Gasteiger partial charge in [-0.3, -0.25) is 0 Å². The van der Waals surface area contributed by atoms with Gasteiger partial charge in [-0.1, -0.05) is 39.7 Å². The summed E-state index contributed by atoms with van der Waals surface area (Å²) < 4.78 is 23.9. The molecular formula is C18H33N3O5. The van der Waals surface area contributed by atoms with Crippen molar-refractivity contribution in [1.29, 1.82) is 0 Å². The summed E-state index contributed by atoms with van der Waals surface area (Å²) >= 11 is 0. The van der Waals surface area contributed by atoms with Crippen molar-refractivity contribution in [2.75, 3.05) is 19.8 Å². The van der Waals surface area contributed by atoms with Crippen LogP contribution in [0.15, 0.2) is 5.11 Å². The number of hydrogen-bond acceptors (Lipinski definition) is 6. The Hall–Kier alpha value is -0.890. The van der Waals surface area contributed by atoms with Crippen LogP contribution in [-0.4, -0.2) is 55.8 Å². The number of nitrogens with zero attached hydrogens (tertiary/aromatic N) is 3. The molecule has 0 amide bonds. The Morgan fingerprint density at radius 3 is 2.54 bits per heavy atom. The molecule has 0 saturated carbocycles. The minimum atomic E-state index is -0.648. The Kier molecular flexibility index (Phi) is 8.13. The number of azide groups is 1. The van der Waals surface area contributed by atoms with Gasteiger partial charge in [0.25, 0.3) is 0 Å². The molecule has 2 fully saturated rings. The van der Waals surface area contributed by atoms with Crippen LogP contribution in [0.4, 0.5) is 0 Å². The molecule has 2 rings (SSSR count). The van der Waals surface area contributed by atoms with Gasteiger partial charge in [0.15, 0.2) is 12.6 Å². The van der Waals surface area contributed by atoms with E-state index in [1.165, 1.54) is 0 Å². The van der Waals surface area contributed by atoms with Crippen molar-refractivity contribution in [3.63, 3.8) is 0 Å². The molecular weight excluding hydrogens is 338 g/mol. The molecule has 2 heterocycles. The van der Waals surface area contributed by atoms with Crippen LogP contribution in [0.1, 0.15) is 41.0 Å². The number of hydrogen-bond donors (Lipinski definition) is 1. The third-order valence-corrected chi connectivity index (χ3v) is 5.83. The van der Waals surface area contributed by atoms with Crippen LogP contribution in [0.3, 0.4) is 0 Å². The molecule has 2 aliphatic rings. The second kappa shape index (κ2) is 9.88. The standard InChI is InChI=1S/C18H33N3O5/c1-6-14-12(4)16(13(5)17(25-14)23-8-7-20-21-19)26-18-15(22)11(3)10(2)9-24-18/h10-18,22H,6-9H2,1-5H3/t10-,11+,12-,13?,14?,15?,16+,17-,18-/m1/s1. The van der Waals surface area contributed by atoms with E-state index in [-0.39, 0.29) is 36.5 Å². The van der Waals surface area contributed by atoms with Gasteiger partial charge in [0.1, 0.15) is 6.10 Å². The lowest BCUT2D eigenvalue weighted by atomic mass is 9.84. The normalized spacial score (nSPS) is 43.7. The van der Waals surface area contributed by atoms with Gasteiger partial charge in [-0.2, -0.15) is 0 Å². The zero-order chi connectivity index (χ0) is 19.3. The van der Waals surface area contributed by atoms with Crippen LogP contribution in [0.2, 0.25) is 0 Å². The maximum absolute atomic E-state index is 10.5. The summed E-state index contributed by atoms with van der Waals surface area (Å²) in [6.07, 6.45) is -1.03. The first-order valence-electron chi connectivity index (χ1n) is 9.63. The third kappa shape index (κ3) is 4.88. The second-order valence-corrected chi connectivity index (χ2v) is 7.62. The second-order valence-electron chi connectivity index (χ2n) is 7.62. The van der Waals surface area contributed by atoms with E-state index < -0.39 is 18.7 Å². The average Bonchev–Trinajstić information content (AvgIpc) is 2.63. The van der Waals surface area contributed by atoms with Gasteiger partial charge in [0.05, 0.1) is 25.4 Å². The zero-order valence-electron chi connectivity index (χ0n) is 16.4. The number of aliphatic hydroxyl groups is 1. The molecule has 150 valence electrons. The van der Waals surface area contributed by atoms with Gasteiger partial charge in [0.2, 0.25) is 0 Å². The molecule has 1 N–H and O–H groups in total. The molecule has 0 aromatic heterocycles.